The number of rotatable bonds is 6. The zero-order valence-electron chi connectivity index (χ0n) is 13.9. The molecule has 0 saturated carbocycles. The van der Waals surface area contributed by atoms with Gasteiger partial charge in [-0.1, -0.05) is 65.2 Å². The Morgan fingerprint density at radius 2 is 1.52 bits per heavy atom. The molecule has 2 nitrogen and oxygen atoms in total. The van der Waals surface area contributed by atoms with E-state index in [1.165, 1.54) is 5.56 Å². The van der Waals surface area contributed by atoms with Gasteiger partial charge < -0.3 is 10.1 Å². The van der Waals surface area contributed by atoms with Gasteiger partial charge in [-0.25, -0.2) is 0 Å². The standard InChI is InChI=1S/C21H19Cl2NO/c1-15-2-4-17(5-3-15)14-25-19-9-6-16(7-10-19)13-24-21-11-8-18(22)12-20(21)23/h2-12,24H,13-14H2,1H3. The smallest absolute Gasteiger partial charge is 0.119 e. The van der Waals surface area contributed by atoms with E-state index < -0.39 is 0 Å². The quantitative estimate of drug-likeness (QED) is 0.534. The number of ether oxygens (including phenoxy) is 1. The Hall–Kier alpha value is -2.16. The van der Waals surface area contributed by atoms with Crippen molar-refractivity contribution in [1.29, 1.82) is 0 Å². The summed E-state index contributed by atoms with van der Waals surface area (Å²) < 4.78 is 5.83. The van der Waals surface area contributed by atoms with E-state index in [4.69, 9.17) is 27.9 Å². The lowest BCUT2D eigenvalue weighted by atomic mass is 10.2. The van der Waals surface area contributed by atoms with Crippen LogP contribution >= 0.6 is 23.2 Å². The van der Waals surface area contributed by atoms with Crippen LogP contribution < -0.4 is 10.1 Å². The summed E-state index contributed by atoms with van der Waals surface area (Å²) in [6.07, 6.45) is 0. The van der Waals surface area contributed by atoms with Crippen LogP contribution in [0.5, 0.6) is 5.75 Å². The van der Waals surface area contributed by atoms with Crippen molar-refractivity contribution >= 4 is 28.9 Å². The Balaban J connectivity index is 1.54. The molecule has 0 bridgehead atoms. The Morgan fingerprint density at radius 3 is 2.20 bits per heavy atom. The molecule has 1 N–H and O–H groups in total. The van der Waals surface area contributed by atoms with Gasteiger partial charge in [0, 0.05) is 11.6 Å². The molecule has 0 aliphatic heterocycles. The first-order valence-corrected chi connectivity index (χ1v) is 8.82. The second-order valence-corrected chi connectivity index (χ2v) is 6.74. The molecule has 0 spiro atoms. The molecule has 128 valence electrons. The first-order valence-electron chi connectivity index (χ1n) is 8.06. The minimum absolute atomic E-state index is 0.568. The molecule has 0 unspecified atom stereocenters. The van der Waals surface area contributed by atoms with Crippen LogP contribution in [-0.4, -0.2) is 0 Å². The summed E-state index contributed by atoms with van der Waals surface area (Å²) in [5.74, 6) is 0.855. The van der Waals surface area contributed by atoms with Crippen LogP contribution in [0.3, 0.4) is 0 Å². The number of anilines is 1. The van der Waals surface area contributed by atoms with Gasteiger partial charge in [0.1, 0.15) is 12.4 Å². The molecule has 0 aliphatic carbocycles. The summed E-state index contributed by atoms with van der Waals surface area (Å²) >= 11 is 12.1. The van der Waals surface area contributed by atoms with Gasteiger partial charge in [-0.2, -0.15) is 0 Å². The first-order chi connectivity index (χ1) is 12.1. The molecule has 0 amide bonds. The topological polar surface area (TPSA) is 21.3 Å². The number of benzene rings is 3. The van der Waals surface area contributed by atoms with E-state index in [1.54, 1.807) is 6.07 Å². The zero-order valence-corrected chi connectivity index (χ0v) is 15.4. The average molecular weight is 372 g/mol. The summed E-state index contributed by atoms with van der Waals surface area (Å²) in [5.41, 5.74) is 4.43. The molecule has 0 atom stereocenters. The lowest BCUT2D eigenvalue weighted by molar-refractivity contribution is 0.306. The normalized spacial score (nSPS) is 10.5. The highest BCUT2D eigenvalue weighted by molar-refractivity contribution is 6.36. The molecular formula is C21H19Cl2NO. The van der Waals surface area contributed by atoms with Crippen molar-refractivity contribution < 1.29 is 4.74 Å². The van der Waals surface area contributed by atoms with Gasteiger partial charge >= 0.3 is 0 Å². The Bertz CT molecular complexity index is 830. The highest BCUT2D eigenvalue weighted by Crippen LogP contribution is 2.26. The summed E-state index contributed by atoms with van der Waals surface area (Å²) in [4.78, 5) is 0. The third-order valence-corrected chi connectivity index (χ3v) is 4.41. The van der Waals surface area contributed by atoms with Crippen molar-refractivity contribution in [1.82, 2.24) is 0 Å². The van der Waals surface area contributed by atoms with Crippen LogP contribution in [0, 0.1) is 6.92 Å². The van der Waals surface area contributed by atoms with Crippen molar-refractivity contribution in [2.24, 2.45) is 0 Å². The number of nitrogens with one attached hydrogen (secondary N) is 1. The molecule has 0 fully saturated rings. The predicted octanol–water partition coefficient (Wildman–Crippen LogP) is 6.49. The monoisotopic (exact) mass is 371 g/mol. The highest BCUT2D eigenvalue weighted by atomic mass is 35.5. The number of hydrogen-bond donors (Lipinski definition) is 1. The van der Waals surface area contributed by atoms with Gasteiger partial charge in [0.05, 0.1) is 10.7 Å². The fraction of sp³-hybridized carbons (Fsp3) is 0.143. The molecule has 0 saturated heterocycles. The summed E-state index contributed by atoms with van der Waals surface area (Å²) in [6.45, 7) is 3.33. The van der Waals surface area contributed by atoms with E-state index in [-0.39, 0.29) is 0 Å². The van der Waals surface area contributed by atoms with Crippen molar-refractivity contribution in [3.05, 3.63) is 93.5 Å². The van der Waals surface area contributed by atoms with Gasteiger partial charge in [0.15, 0.2) is 0 Å². The largest absolute Gasteiger partial charge is 0.489 e. The molecule has 3 rings (SSSR count). The second kappa shape index (κ2) is 8.28. The summed E-state index contributed by atoms with van der Waals surface area (Å²) in [7, 11) is 0. The molecule has 4 heteroatoms. The maximum atomic E-state index is 6.16. The Labute approximate surface area is 158 Å². The van der Waals surface area contributed by atoms with E-state index in [0.29, 0.717) is 23.2 Å². The van der Waals surface area contributed by atoms with Crippen LogP contribution in [0.15, 0.2) is 66.7 Å². The SMILES string of the molecule is Cc1ccc(COc2ccc(CNc3ccc(Cl)cc3Cl)cc2)cc1. The van der Waals surface area contributed by atoms with Crippen molar-refractivity contribution in [3.8, 4) is 5.75 Å². The molecule has 25 heavy (non-hydrogen) atoms. The van der Waals surface area contributed by atoms with Crippen LogP contribution in [0.1, 0.15) is 16.7 Å². The predicted molar refractivity (Wildman–Crippen MR) is 106 cm³/mol. The second-order valence-electron chi connectivity index (χ2n) is 5.90. The van der Waals surface area contributed by atoms with Gasteiger partial charge in [-0.15, -0.1) is 0 Å². The van der Waals surface area contributed by atoms with E-state index in [1.807, 2.05) is 36.4 Å². The molecule has 0 aliphatic rings. The number of aryl methyl sites for hydroxylation is 1. The van der Waals surface area contributed by atoms with Gasteiger partial charge in [-0.3, -0.25) is 0 Å². The average Bonchev–Trinajstić information content (AvgIpc) is 2.61. The lowest BCUT2D eigenvalue weighted by Crippen LogP contribution is -2.00. The van der Waals surface area contributed by atoms with E-state index >= 15 is 0 Å². The molecule has 0 radical (unpaired) electrons. The summed E-state index contributed by atoms with van der Waals surface area (Å²) in [5, 5.41) is 4.55. The molecule has 0 aromatic heterocycles. The minimum atomic E-state index is 0.568. The number of hydrogen-bond acceptors (Lipinski definition) is 2. The van der Waals surface area contributed by atoms with Crippen LogP contribution in [0.2, 0.25) is 10.0 Å². The highest BCUT2D eigenvalue weighted by Gasteiger charge is 2.02. The van der Waals surface area contributed by atoms with Crippen molar-refractivity contribution in [2.75, 3.05) is 5.32 Å². The maximum Gasteiger partial charge on any atom is 0.119 e. The van der Waals surface area contributed by atoms with E-state index in [2.05, 4.69) is 36.5 Å². The van der Waals surface area contributed by atoms with Gasteiger partial charge in [-0.05, 0) is 48.4 Å². The molecule has 3 aromatic rings. The van der Waals surface area contributed by atoms with Gasteiger partial charge in [0.2, 0.25) is 0 Å². The third-order valence-electron chi connectivity index (χ3n) is 3.86. The summed E-state index contributed by atoms with van der Waals surface area (Å²) in [6, 6.07) is 21.8. The van der Waals surface area contributed by atoms with E-state index in [0.717, 1.165) is 22.6 Å². The van der Waals surface area contributed by atoms with E-state index in [9.17, 15) is 0 Å². The fourth-order valence-corrected chi connectivity index (χ4v) is 2.86. The third kappa shape index (κ3) is 5.15. The Kier molecular flexibility index (Phi) is 5.85. The van der Waals surface area contributed by atoms with Crippen LogP contribution in [-0.2, 0) is 13.2 Å². The molecular weight excluding hydrogens is 353 g/mol. The number of halogens is 2. The zero-order chi connectivity index (χ0) is 17.6. The van der Waals surface area contributed by atoms with Crippen LogP contribution in [0.25, 0.3) is 0 Å². The fourth-order valence-electron chi connectivity index (χ4n) is 2.38. The van der Waals surface area contributed by atoms with Crippen LogP contribution in [0.4, 0.5) is 5.69 Å². The molecule has 3 aromatic carbocycles. The minimum Gasteiger partial charge on any atom is -0.489 e. The maximum absolute atomic E-state index is 6.16. The Morgan fingerprint density at radius 1 is 0.840 bits per heavy atom. The first kappa shape index (κ1) is 17.7. The van der Waals surface area contributed by atoms with Gasteiger partial charge in [0.25, 0.3) is 0 Å². The van der Waals surface area contributed by atoms with Crippen molar-refractivity contribution in [3.63, 3.8) is 0 Å². The van der Waals surface area contributed by atoms with Crippen molar-refractivity contribution in [2.45, 2.75) is 20.1 Å². The lowest BCUT2D eigenvalue weighted by Gasteiger charge is -2.10. The molecule has 0 heterocycles.